The first-order chi connectivity index (χ1) is 18.4. The lowest BCUT2D eigenvalue weighted by atomic mass is 9.99. The highest BCUT2D eigenvalue weighted by Gasteiger charge is 2.61. The molecule has 0 radical (unpaired) electrons. The average molecular weight is 511 g/mol. The highest BCUT2D eigenvalue weighted by molar-refractivity contribution is 6.04. The van der Waals surface area contributed by atoms with E-state index in [2.05, 4.69) is 29.1 Å². The number of amides is 2. The Balaban J connectivity index is 1.15. The molecule has 2 saturated heterocycles. The minimum atomic E-state index is -0.174. The third-order valence-electron chi connectivity index (χ3n) is 8.21. The highest BCUT2D eigenvalue weighted by atomic mass is 16.5. The molecule has 2 amide bonds. The lowest BCUT2D eigenvalue weighted by Crippen LogP contribution is -2.41. The van der Waals surface area contributed by atoms with Gasteiger partial charge >= 0.3 is 0 Å². The molecule has 1 atom stereocenters. The molecule has 1 spiro atoms. The number of rotatable bonds is 5. The molecule has 3 fully saturated rings. The van der Waals surface area contributed by atoms with Gasteiger partial charge in [-0.1, -0.05) is 26.0 Å². The summed E-state index contributed by atoms with van der Waals surface area (Å²) < 4.78 is 5.89. The normalized spacial score (nSPS) is 21.1. The molecule has 1 N–H and O–H groups in total. The van der Waals surface area contributed by atoms with Gasteiger partial charge in [0, 0.05) is 30.4 Å². The van der Waals surface area contributed by atoms with Gasteiger partial charge in [0.1, 0.15) is 12.3 Å². The molecule has 1 aliphatic carbocycles. The van der Waals surface area contributed by atoms with Crippen LogP contribution in [0.1, 0.15) is 57.6 Å². The molecule has 2 aromatic heterocycles. The van der Waals surface area contributed by atoms with Crippen LogP contribution in [0.25, 0.3) is 11.1 Å². The van der Waals surface area contributed by atoms with Gasteiger partial charge in [-0.2, -0.15) is 0 Å². The van der Waals surface area contributed by atoms with Gasteiger partial charge in [-0.05, 0) is 55.4 Å². The van der Waals surface area contributed by atoms with Crippen LogP contribution in [0.15, 0.2) is 42.7 Å². The highest BCUT2D eigenvalue weighted by Crippen LogP contribution is 2.58. The first kappa shape index (κ1) is 23.1. The maximum Gasteiger partial charge on any atom is 0.238 e. The topological polar surface area (TPSA) is 101 Å². The predicted octanol–water partition coefficient (Wildman–Crippen LogP) is 4.81. The van der Waals surface area contributed by atoms with E-state index in [0.717, 1.165) is 60.4 Å². The summed E-state index contributed by atoms with van der Waals surface area (Å²) in [6.07, 6.45) is 7.85. The van der Waals surface area contributed by atoms with Gasteiger partial charge in [0.25, 0.3) is 0 Å². The molecular weight excluding hydrogens is 480 g/mol. The van der Waals surface area contributed by atoms with Gasteiger partial charge in [-0.3, -0.25) is 9.59 Å². The van der Waals surface area contributed by atoms with Gasteiger partial charge < -0.3 is 19.9 Å². The van der Waals surface area contributed by atoms with E-state index in [0.29, 0.717) is 30.5 Å². The van der Waals surface area contributed by atoms with Crippen molar-refractivity contribution in [2.75, 3.05) is 28.3 Å². The summed E-state index contributed by atoms with van der Waals surface area (Å²) in [6, 6.07) is 10.0. The second kappa shape index (κ2) is 8.51. The van der Waals surface area contributed by atoms with Crippen LogP contribution in [0.3, 0.4) is 0 Å². The number of anilines is 4. The molecule has 1 saturated carbocycles. The van der Waals surface area contributed by atoms with Crippen molar-refractivity contribution in [1.29, 1.82) is 0 Å². The van der Waals surface area contributed by atoms with Crippen molar-refractivity contribution in [3.63, 3.8) is 0 Å². The lowest BCUT2D eigenvalue weighted by Gasteiger charge is -2.31. The molecule has 3 aliphatic heterocycles. The SMILES string of the molecule is CC(C)c1nc(Nc2cnc3c(c2)N2C(=O)C4(CC4)CC2CO3)ncc1-c1ccc(N2CCCC2=O)cc1. The molecule has 3 aromatic rings. The second-order valence-corrected chi connectivity index (χ2v) is 11.1. The first-order valence-corrected chi connectivity index (χ1v) is 13.4. The molecule has 9 nitrogen and oxygen atoms in total. The van der Waals surface area contributed by atoms with Crippen molar-refractivity contribution >= 4 is 34.8 Å². The molecule has 0 bridgehead atoms. The van der Waals surface area contributed by atoms with Crippen molar-refractivity contribution in [1.82, 2.24) is 15.0 Å². The number of benzene rings is 1. The number of fused-ring (bicyclic) bond motifs is 3. The van der Waals surface area contributed by atoms with Crippen LogP contribution in [-0.4, -0.2) is 46.0 Å². The summed E-state index contributed by atoms with van der Waals surface area (Å²) in [4.78, 5) is 42.9. The van der Waals surface area contributed by atoms with Crippen molar-refractivity contribution in [3.05, 3.63) is 48.4 Å². The maximum atomic E-state index is 13.1. The Labute approximate surface area is 221 Å². The Bertz CT molecular complexity index is 1450. The predicted molar refractivity (Wildman–Crippen MR) is 144 cm³/mol. The minimum absolute atomic E-state index is 0.0765. The van der Waals surface area contributed by atoms with Crippen LogP contribution < -0.4 is 19.9 Å². The lowest BCUT2D eigenvalue weighted by molar-refractivity contribution is -0.121. The standard InChI is InChI=1S/C29H30N6O3/c1-17(2)25-22(18-5-7-20(8-6-18)34-11-3-4-24(34)36)15-31-28(33-25)32-19-12-23-26(30-14-19)38-16-21-13-29(9-10-29)27(37)35(21)23/h5-8,12,14-15,17,21H,3-4,9-11,13,16H2,1-2H3,(H,31,32,33). The minimum Gasteiger partial charge on any atom is -0.474 e. The maximum absolute atomic E-state index is 13.1. The summed E-state index contributed by atoms with van der Waals surface area (Å²) in [5.74, 6) is 1.52. The summed E-state index contributed by atoms with van der Waals surface area (Å²) >= 11 is 0. The number of hydrogen-bond donors (Lipinski definition) is 1. The molecule has 7 rings (SSSR count). The number of nitrogens with one attached hydrogen (secondary N) is 1. The van der Waals surface area contributed by atoms with Crippen molar-refractivity contribution in [2.45, 2.75) is 57.9 Å². The molecule has 1 aromatic carbocycles. The molecular formula is C29H30N6O3. The van der Waals surface area contributed by atoms with Crippen LogP contribution >= 0.6 is 0 Å². The molecule has 1 unspecified atom stereocenters. The van der Waals surface area contributed by atoms with Gasteiger partial charge in [0.15, 0.2) is 0 Å². The van der Waals surface area contributed by atoms with E-state index in [9.17, 15) is 9.59 Å². The zero-order valence-corrected chi connectivity index (χ0v) is 21.6. The molecule has 9 heteroatoms. The number of ether oxygens (including phenoxy) is 1. The Morgan fingerprint density at radius 2 is 1.92 bits per heavy atom. The Hall–Kier alpha value is -4.01. The van der Waals surface area contributed by atoms with Crippen LogP contribution in [-0.2, 0) is 9.59 Å². The van der Waals surface area contributed by atoms with Gasteiger partial charge in [-0.25, -0.2) is 15.0 Å². The number of aromatic nitrogens is 3. The summed E-state index contributed by atoms with van der Waals surface area (Å²) in [5.41, 5.74) is 5.07. The van der Waals surface area contributed by atoms with Crippen molar-refractivity contribution < 1.29 is 14.3 Å². The van der Waals surface area contributed by atoms with E-state index >= 15 is 0 Å². The van der Waals surface area contributed by atoms with E-state index in [4.69, 9.17) is 9.72 Å². The fraction of sp³-hybridized carbons (Fsp3) is 0.414. The van der Waals surface area contributed by atoms with E-state index in [1.165, 1.54) is 0 Å². The van der Waals surface area contributed by atoms with Gasteiger partial charge in [-0.15, -0.1) is 0 Å². The van der Waals surface area contributed by atoms with Crippen LogP contribution in [0.4, 0.5) is 23.0 Å². The monoisotopic (exact) mass is 510 g/mol. The number of pyridine rings is 1. The third kappa shape index (κ3) is 3.71. The number of carbonyl (C=O) groups excluding carboxylic acids is 2. The van der Waals surface area contributed by atoms with Crippen molar-refractivity contribution in [3.8, 4) is 17.0 Å². The second-order valence-electron chi connectivity index (χ2n) is 11.1. The van der Waals surface area contributed by atoms with Crippen LogP contribution in [0.2, 0.25) is 0 Å². The van der Waals surface area contributed by atoms with E-state index in [1.54, 1.807) is 6.20 Å². The quantitative estimate of drug-likeness (QED) is 0.526. The zero-order chi connectivity index (χ0) is 26.0. The molecule has 194 valence electrons. The Morgan fingerprint density at radius 1 is 1.11 bits per heavy atom. The van der Waals surface area contributed by atoms with E-state index in [-0.39, 0.29) is 29.2 Å². The number of nitrogens with zero attached hydrogens (tertiary/aromatic N) is 5. The largest absolute Gasteiger partial charge is 0.474 e. The van der Waals surface area contributed by atoms with E-state index < -0.39 is 0 Å². The van der Waals surface area contributed by atoms with Gasteiger partial charge in [0.2, 0.25) is 23.6 Å². The van der Waals surface area contributed by atoms with Crippen LogP contribution in [0, 0.1) is 5.41 Å². The zero-order valence-electron chi connectivity index (χ0n) is 21.6. The fourth-order valence-electron chi connectivity index (χ4n) is 6.02. The fourth-order valence-corrected chi connectivity index (χ4v) is 6.02. The molecule has 38 heavy (non-hydrogen) atoms. The van der Waals surface area contributed by atoms with Crippen molar-refractivity contribution in [2.24, 2.45) is 5.41 Å². The first-order valence-electron chi connectivity index (χ1n) is 13.4. The van der Waals surface area contributed by atoms with Crippen LogP contribution in [0.5, 0.6) is 5.88 Å². The number of hydrogen-bond acceptors (Lipinski definition) is 7. The van der Waals surface area contributed by atoms with E-state index in [1.807, 2.05) is 46.3 Å². The number of carbonyl (C=O) groups is 2. The smallest absolute Gasteiger partial charge is 0.238 e. The summed E-state index contributed by atoms with van der Waals surface area (Å²) in [5, 5.41) is 3.29. The summed E-state index contributed by atoms with van der Waals surface area (Å²) in [7, 11) is 0. The molecule has 5 heterocycles. The molecule has 4 aliphatic rings. The van der Waals surface area contributed by atoms with Gasteiger partial charge in [0.05, 0.1) is 29.0 Å². The summed E-state index contributed by atoms with van der Waals surface area (Å²) in [6.45, 7) is 5.49. The Kier molecular flexibility index (Phi) is 5.18. The third-order valence-corrected chi connectivity index (χ3v) is 8.21. The Morgan fingerprint density at radius 3 is 2.63 bits per heavy atom. The average Bonchev–Trinajstić information content (AvgIpc) is 3.49.